The third-order valence-electron chi connectivity index (χ3n) is 5.54. The number of ether oxygens (including phenoxy) is 1. The number of aromatic nitrogens is 2. The molecule has 1 fully saturated rings. The van der Waals surface area contributed by atoms with E-state index in [0.717, 1.165) is 60.9 Å². The molecule has 0 radical (unpaired) electrons. The summed E-state index contributed by atoms with van der Waals surface area (Å²) < 4.78 is 6.19. The van der Waals surface area contributed by atoms with Crippen LogP contribution in [0.3, 0.4) is 0 Å². The molecule has 1 saturated heterocycles. The van der Waals surface area contributed by atoms with Crippen molar-refractivity contribution < 1.29 is 4.74 Å². The molecule has 1 N–H and O–H groups in total. The second-order valence-corrected chi connectivity index (χ2v) is 8.81. The molecule has 3 heterocycles. The maximum Gasteiger partial charge on any atom is 0.138 e. The molecular formula is C23H30N4OS. The van der Waals surface area contributed by atoms with Crippen LogP contribution >= 0.6 is 11.3 Å². The molecule has 1 aromatic carbocycles. The quantitative estimate of drug-likeness (QED) is 0.614. The molecule has 2 unspecified atom stereocenters. The van der Waals surface area contributed by atoms with Gasteiger partial charge < -0.3 is 10.1 Å². The molecule has 154 valence electrons. The number of thiophene rings is 1. The number of fused-ring (bicyclic) bond motifs is 1. The standard InChI is InChI=1S/C23H30N4OS/c1-4-18-13-19-22(24-16(3)25-23(19)29-18)26-20(5-2)21-15-27(11-12-28-21)14-17-9-7-6-8-10-17/h6-10,13,20-21H,4-5,11-12,14-15H2,1-3H3,(H,24,25,26). The van der Waals surface area contributed by atoms with Crippen molar-refractivity contribution in [1.29, 1.82) is 0 Å². The summed E-state index contributed by atoms with van der Waals surface area (Å²) in [6, 6.07) is 13.1. The van der Waals surface area contributed by atoms with Crippen molar-refractivity contribution in [3.8, 4) is 0 Å². The molecule has 29 heavy (non-hydrogen) atoms. The molecule has 0 spiro atoms. The summed E-state index contributed by atoms with van der Waals surface area (Å²) in [5.41, 5.74) is 1.35. The van der Waals surface area contributed by atoms with Crippen molar-refractivity contribution >= 4 is 27.4 Å². The lowest BCUT2D eigenvalue weighted by molar-refractivity contribution is -0.0402. The van der Waals surface area contributed by atoms with Gasteiger partial charge in [-0.1, -0.05) is 44.2 Å². The Morgan fingerprint density at radius 2 is 2.07 bits per heavy atom. The van der Waals surface area contributed by atoms with Crippen LogP contribution in [0, 0.1) is 6.92 Å². The minimum absolute atomic E-state index is 0.145. The molecule has 6 heteroatoms. The van der Waals surface area contributed by atoms with Crippen molar-refractivity contribution in [3.63, 3.8) is 0 Å². The van der Waals surface area contributed by atoms with Crippen LogP contribution in [0.25, 0.3) is 10.2 Å². The molecular weight excluding hydrogens is 380 g/mol. The summed E-state index contributed by atoms with van der Waals surface area (Å²) >= 11 is 1.77. The SMILES string of the molecule is CCc1cc2c(NC(CC)C3CN(Cc4ccccc4)CCO3)nc(C)nc2s1. The van der Waals surface area contributed by atoms with E-state index in [9.17, 15) is 0 Å². The molecule has 2 atom stereocenters. The van der Waals surface area contributed by atoms with Gasteiger partial charge in [0.05, 0.1) is 24.1 Å². The van der Waals surface area contributed by atoms with Crippen molar-refractivity contribution in [1.82, 2.24) is 14.9 Å². The highest BCUT2D eigenvalue weighted by Gasteiger charge is 2.28. The third-order valence-corrected chi connectivity index (χ3v) is 6.71. The largest absolute Gasteiger partial charge is 0.373 e. The van der Waals surface area contributed by atoms with Crippen molar-refractivity contribution in [2.45, 2.75) is 52.3 Å². The van der Waals surface area contributed by atoms with Crippen molar-refractivity contribution in [2.24, 2.45) is 0 Å². The predicted molar refractivity (Wildman–Crippen MR) is 121 cm³/mol. The highest BCUT2D eigenvalue weighted by atomic mass is 32.1. The van der Waals surface area contributed by atoms with Crippen LogP contribution in [0.1, 0.15) is 36.5 Å². The van der Waals surface area contributed by atoms with E-state index in [1.165, 1.54) is 10.4 Å². The fourth-order valence-corrected chi connectivity index (χ4v) is 4.97. The van der Waals surface area contributed by atoms with Gasteiger partial charge in [0.2, 0.25) is 0 Å². The van der Waals surface area contributed by atoms with E-state index < -0.39 is 0 Å². The number of anilines is 1. The van der Waals surface area contributed by atoms with Crippen LogP contribution in [-0.2, 0) is 17.7 Å². The van der Waals surface area contributed by atoms with Gasteiger partial charge in [-0.25, -0.2) is 9.97 Å². The van der Waals surface area contributed by atoms with Crippen LogP contribution in [0.4, 0.5) is 5.82 Å². The third kappa shape index (κ3) is 4.77. The van der Waals surface area contributed by atoms with Gasteiger partial charge in [-0.15, -0.1) is 11.3 Å². The summed E-state index contributed by atoms with van der Waals surface area (Å²) in [6.07, 6.45) is 2.16. The molecule has 1 aliphatic rings. The maximum atomic E-state index is 6.19. The van der Waals surface area contributed by atoms with Crippen molar-refractivity contribution in [2.75, 3.05) is 25.0 Å². The normalized spacial score (nSPS) is 18.8. The fourth-order valence-electron chi connectivity index (χ4n) is 3.96. The first-order valence-electron chi connectivity index (χ1n) is 10.6. The Morgan fingerprint density at radius 3 is 2.83 bits per heavy atom. The smallest absolute Gasteiger partial charge is 0.138 e. The average Bonchev–Trinajstić information content (AvgIpc) is 3.16. The Morgan fingerprint density at radius 1 is 1.24 bits per heavy atom. The number of nitrogens with zero attached hydrogens (tertiary/aromatic N) is 3. The Labute approximate surface area is 177 Å². The van der Waals surface area contributed by atoms with E-state index in [-0.39, 0.29) is 12.1 Å². The lowest BCUT2D eigenvalue weighted by Crippen LogP contribution is -2.49. The summed E-state index contributed by atoms with van der Waals surface area (Å²) in [6.45, 7) is 10.0. The van der Waals surface area contributed by atoms with Gasteiger partial charge in [-0.3, -0.25) is 4.90 Å². The number of hydrogen-bond acceptors (Lipinski definition) is 6. The Hall–Kier alpha value is -2.02. The summed E-state index contributed by atoms with van der Waals surface area (Å²) in [4.78, 5) is 14.3. The van der Waals surface area contributed by atoms with E-state index in [1.54, 1.807) is 11.3 Å². The highest BCUT2D eigenvalue weighted by Crippen LogP contribution is 2.30. The van der Waals surface area contributed by atoms with Gasteiger partial charge in [0.1, 0.15) is 16.5 Å². The fraction of sp³-hybridized carbons (Fsp3) is 0.478. The van der Waals surface area contributed by atoms with E-state index in [2.05, 4.69) is 65.4 Å². The van der Waals surface area contributed by atoms with Crippen molar-refractivity contribution in [3.05, 3.63) is 52.7 Å². The first kappa shape index (κ1) is 20.3. The number of benzene rings is 1. The van der Waals surface area contributed by atoms with E-state index in [1.807, 2.05) is 6.92 Å². The first-order chi connectivity index (χ1) is 14.2. The van der Waals surface area contributed by atoms with Crippen LogP contribution in [0.5, 0.6) is 0 Å². The number of hydrogen-bond donors (Lipinski definition) is 1. The van der Waals surface area contributed by atoms with Gasteiger partial charge >= 0.3 is 0 Å². The van der Waals surface area contributed by atoms with Crippen LogP contribution in [0.15, 0.2) is 36.4 Å². The molecule has 0 amide bonds. The molecule has 0 bridgehead atoms. The van der Waals surface area contributed by atoms with Gasteiger partial charge in [0.25, 0.3) is 0 Å². The molecule has 3 aromatic rings. The summed E-state index contributed by atoms with van der Waals surface area (Å²) in [5, 5.41) is 4.84. The van der Waals surface area contributed by atoms with E-state index in [0.29, 0.717) is 0 Å². The molecule has 4 rings (SSSR count). The number of rotatable bonds is 7. The Kier molecular flexibility index (Phi) is 6.43. The van der Waals surface area contributed by atoms with E-state index >= 15 is 0 Å². The Bertz CT molecular complexity index is 943. The molecule has 0 saturated carbocycles. The summed E-state index contributed by atoms with van der Waals surface area (Å²) in [5.74, 6) is 1.76. The molecule has 0 aliphatic carbocycles. The van der Waals surface area contributed by atoms with E-state index in [4.69, 9.17) is 9.72 Å². The molecule has 1 aliphatic heterocycles. The number of nitrogens with one attached hydrogen (secondary N) is 1. The lowest BCUT2D eigenvalue weighted by Gasteiger charge is -2.37. The average molecular weight is 411 g/mol. The van der Waals surface area contributed by atoms with Crippen LogP contribution < -0.4 is 5.32 Å². The topological polar surface area (TPSA) is 50.3 Å². The second kappa shape index (κ2) is 9.20. The van der Waals surface area contributed by atoms with Gasteiger partial charge in [-0.05, 0) is 31.4 Å². The minimum atomic E-state index is 0.145. The van der Waals surface area contributed by atoms with Gasteiger partial charge in [-0.2, -0.15) is 0 Å². The maximum absolute atomic E-state index is 6.19. The monoisotopic (exact) mass is 410 g/mol. The second-order valence-electron chi connectivity index (χ2n) is 7.69. The first-order valence-corrected chi connectivity index (χ1v) is 11.4. The van der Waals surface area contributed by atoms with Gasteiger partial charge in [0.15, 0.2) is 0 Å². The van der Waals surface area contributed by atoms with Gasteiger partial charge in [0, 0.05) is 24.5 Å². The number of morpholine rings is 1. The van der Waals surface area contributed by atoms with Crippen LogP contribution in [0.2, 0.25) is 0 Å². The summed E-state index contributed by atoms with van der Waals surface area (Å²) in [7, 11) is 0. The minimum Gasteiger partial charge on any atom is -0.373 e. The lowest BCUT2D eigenvalue weighted by atomic mass is 10.1. The Balaban J connectivity index is 1.50. The highest BCUT2D eigenvalue weighted by molar-refractivity contribution is 7.18. The zero-order valence-corrected chi connectivity index (χ0v) is 18.3. The molecule has 2 aromatic heterocycles. The van der Waals surface area contributed by atoms with Crippen LogP contribution in [-0.4, -0.2) is 46.7 Å². The predicted octanol–water partition coefficient (Wildman–Crippen LogP) is 4.65. The number of aryl methyl sites for hydroxylation is 2. The zero-order valence-electron chi connectivity index (χ0n) is 17.5. The zero-order chi connectivity index (χ0) is 20.2. The molecule has 5 nitrogen and oxygen atoms in total.